The fourth-order valence-electron chi connectivity index (χ4n) is 2.90. The van der Waals surface area contributed by atoms with E-state index >= 15 is 0 Å². The summed E-state index contributed by atoms with van der Waals surface area (Å²) in [6.07, 6.45) is 8.93. The molecular weight excluding hydrogens is 264 g/mol. The molecule has 0 spiro atoms. The van der Waals surface area contributed by atoms with Crippen molar-refractivity contribution >= 4 is 6.09 Å². The molecule has 0 radical (unpaired) electrons. The largest absolute Gasteiger partial charge is 0.444 e. The fourth-order valence-corrected chi connectivity index (χ4v) is 2.90. The second-order valence-electron chi connectivity index (χ2n) is 7.28. The lowest BCUT2D eigenvalue weighted by Crippen LogP contribution is -2.37. The predicted molar refractivity (Wildman–Crippen MR) is 87.5 cm³/mol. The summed E-state index contributed by atoms with van der Waals surface area (Å²) in [7, 11) is 0. The number of carbonyl (C=O) groups excluding carboxylic acids is 1. The van der Waals surface area contributed by atoms with Gasteiger partial charge in [-0.15, -0.1) is 0 Å². The van der Waals surface area contributed by atoms with Crippen molar-refractivity contribution in [3.05, 3.63) is 0 Å². The fraction of sp³-hybridized carbons (Fsp3) is 0.941. The van der Waals surface area contributed by atoms with E-state index in [2.05, 4.69) is 17.6 Å². The molecule has 0 heterocycles. The molecule has 1 saturated carbocycles. The van der Waals surface area contributed by atoms with Crippen molar-refractivity contribution in [3.8, 4) is 0 Å². The Balaban J connectivity index is 2.06. The lowest BCUT2D eigenvalue weighted by Gasteiger charge is -2.24. The van der Waals surface area contributed by atoms with Gasteiger partial charge in [-0.2, -0.15) is 0 Å². The normalized spacial score (nSPS) is 18.9. The molecule has 0 unspecified atom stereocenters. The van der Waals surface area contributed by atoms with Gasteiger partial charge in [-0.05, 0) is 59.4 Å². The van der Waals surface area contributed by atoms with Crippen molar-refractivity contribution in [1.82, 2.24) is 10.6 Å². The van der Waals surface area contributed by atoms with Crippen LogP contribution in [0.3, 0.4) is 0 Å². The number of hydrogen-bond donors (Lipinski definition) is 2. The van der Waals surface area contributed by atoms with Crippen molar-refractivity contribution in [2.45, 2.75) is 84.3 Å². The first-order valence-corrected chi connectivity index (χ1v) is 8.59. The third-order valence-corrected chi connectivity index (χ3v) is 4.10. The number of alkyl carbamates (subject to hydrolysis) is 1. The van der Waals surface area contributed by atoms with Crippen LogP contribution in [0.25, 0.3) is 0 Å². The number of carbonyl (C=O) groups is 1. The Labute approximate surface area is 130 Å². The van der Waals surface area contributed by atoms with Crippen LogP contribution in [0.15, 0.2) is 0 Å². The van der Waals surface area contributed by atoms with Gasteiger partial charge in [0.1, 0.15) is 5.60 Å². The van der Waals surface area contributed by atoms with Gasteiger partial charge in [-0.3, -0.25) is 0 Å². The molecule has 0 aromatic heterocycles. The lowest BCUT2D eigenvalue weighted by atomic mass is 9.93. The number of ether oxygens (including phenoxy) is 1. The van der Waals surface area contributed by atoms with Crippen molar-refractivity contribution < 1.29 is 9.53 Å². The molecule has 1 aliphatic carbocycles. The SMILES string of the molecule is C[C@@H](NCCCNC(=O)OC(C)(C)C)C1CCCCCC1. The van der Waals surface area contributed by atoms with E-state index in [4.69, 9.17) is 4.74 Å². The van der Waals surface area contributed by atoms with Crippen LogP contribution in [0, 0.1) is 5.92 Å². The number of nitrogens with one attached hydrogen (secondary N) is 2. The Morgan fingerprint density at radius 3 is 2.33 bits per heavy atom. The van der Waals surface area contributed by atoms with Gasteiger partial charge in [-0.25, -0.2) is 4.79 Å². The summed E-state index contributed by atoms with van der Waals surface area (Å²) in [5, 5.41) is 6.41. The van der Waals surface area contributed by atoms with Crippen LogP contribution >= 0.6 is 0 Å². The van der Waals surface area contributed by atoms with E-state index in [0.29, 0.717) is 12.6 Å². The van der Waals surface area contributed by atoms with Gasteiger partial charge in [0.25, 0.3) is 0 Å². The maximum absolute atomic E-state index is 11.5. The molecule has 1 fully saturated rings. The highest BCUT2D eigenvalue weighted by atomic mass is 16.6. The summed E-state index contributed by atoms with van der Waals surface area (Å²) >= 11 is 0. The molecule has 0 aliphatic heterocycles. The van der Waals surface area contributed by atoms with Gasteiger partial charge >= 0.3 is 6.09 Å². The molecule has 4 heteroatoms. The van der Waals surface area contributed by atoms with Crippen LogP contribution in [-0.2, 0) is 4.74 Å². The maximum atomic E-state index is 11.5. The first kappa shape index (κ1) is 18.3. The molecule has 21 heavy (non-hydrogen) atoms. The minimum atomic E-state index is -0.420. The second kappa shape index (κ2) is 9.29. The van der Waals surface area contributed by atoms with Gasteiger partial charge in [0, 0.05) is 12.6 Å². The molecule has 0 saturated heterocycles. The molecule has 2 N–H and O–H groups in total. The van der Waals surface area contributed by atoms with Gasteiger partial charge in [0.05, 0.1) is 0 Å². The van der Waals surface area contributed by atoms with Crippen LogP contribution in [0.2, 0.25) is 0 Å². The number of amides is 1. The zero-order valence-corrected chi connectivity index (χ0v) is 14.3. The second-order valence-corrected chi connectivity index (χ2v) is 7.28. The van der Waals surface area contributed by atoms with Crippen molar-refractivity contribution in [3.63, 3.8) is 0 Å². The highest BCUT2D eigenvalue weighted by Gasteiger charge is 2.18. The first-order chi connectivity index (χ1) is 9.88. The summed E-state index contributed by atoms with van der Waals surface area (Å²) in [4.78, 5) is 11.5. The van der Waals surface area contributed by atoms with Gasteiger partial charge < -0.3 is 15.4 Å². The predicted octanol–water partition coefficient (Wildman–Crippen LogP) is 3.85. The quantitative estimate of drug-likeness (QED) is 0.578. The van der Waals surface area contributed by atoms with Crippen LogP contribution in [0.5, 0.6) is 0 Å². The molecule has 1 aliphatic rings. The van der Waals surface area contributed by atoms with E-state index in [1.54, 1.807) is 0 Å². The Morgan fingerprint density at radius 1 is 1.14 bits per heavy atom. The van der Waals surface area contributed by atoms with E-state index in [0.717, 1.165) is 18.9 Å². The van der Waals surface area contributed by atoms with E-state index in [1.165, 1.54) is 38.5 Å². The van der Waals surface area contributed by atoms with Gasteiger partial charge in [-0.1, -0.05) is 25.7 Å². The summed E-state index contributed by atoms with van der Waals surface area (Å²) < 4.78 is 5.20. The highest BCUT2D eigenvalue weighted by Crippen LogP contribution is 2.25. The summed E-state index contributed by atoms with van der Waals surface area (Å²) in [5.41, 5.74) is -0.420. The Bertz CT molecular complexity index is 292. The van der Waals surface area contributed by atoms with Gasteiger partial charge in [0.2, 0.25) is 0 Å². The van der Waals surface area contributed by atoms with Crippen LogP contribution in [-0.4, -0.2) is 30.8 Å². The molecule has 4 nitrogen and oxygen atoms in total. The maximum Gasteiger partial charge on any atom is 0.407 e. The monoisotopic (exact) mass is 298 g/mol. The van der Waals surface area contributed by atoms with Crippen molar-refractivity contribution in [2.24, 2.45) is 5.92 Å². The summed E-state index contributed by atoms with van der Waals surface area (Å²) in [6.45, 7) is 9.55. The molecule has 1 atom stereocenters. The van der Waals surface area contributed by atoms with Crippen molar-refractivity contribution in [1.29, 1.82) is 0 Å². The number of hydrogen-bond acceptors (Lipinski definition) is 3. The Hall–Kier alpha value is -0.770. The van der Waals surface area contributed by atoms with E-state index in [1.807, 2.05) is 20.8 Å². The lowest BCUT2D eigenvalue weighted by molar-refractivity contribution is 0.0527. The molecule has 124 valence electrons. The van der Waals surface area contributed by atoms with Crippen LogP contribution < -0.4 is 10.6 Å². The van der Waals surface area contributed by atoms with Gasteiger partial charge in [0.15, 0.2) is 0 Å². The zero-order valence-electron chi connectivity index (χ0n) is 14.3. The number of rotatable bonds is 6. The van der Waals surface area contributed by atoms with Crippen LogP contribution in [0.4, 0.5) is 4.79 Å². The molecule has 1 rings (SSSR count). The summed E-state index contributed by atoms with van der Waals surface area (Å²) in [6, 6.07) is 0.588. The average Bonchev–Trinajstić information content (AvgIpc) is 2.64. The average molecular weight is 298 g/mol. The third-order valence-electron chi connectivity index (χ3n) is 4.10. The van der Waals surface area contributed by atoms with E-state index in [9.17, 15) is 4.79 Å². The van der Waals surface area contributed by atoms with Crippen molar-refractivity contribution in [2.75, 3.05) is 13.1 Å². The Kier molecular flexibility index (Phi) is 8.09. The zero-order chi connectivity index (χ0) is 15.7. The Morgan fingerprint density at radius 2 is 1.76 bits per heavy atom. The summed E-state index contributed by atoms with van der Waals surface area (Å²) in [5.74, 6) is 0.825. The first-order valence-electron chi connectivity index (χ1n) is 8.59. The topological polar surface area (TPSA) is 50.4 Å². The smallest absolute Gasteiger partial charge is 0.407 e. The third kappa shape index (κ3) is 8.97. The molecule has 0 bridgehead atoms. The molecule has 1 amide bonds. The molecule has 0 aromatic rings. The molecule has 0 aromatic carbocycles. The minimum Gasteiger partial charge on any atom is -0.444 e. The van der Waals surface area contributed by atoms with E-state index < -0.39 is 5.60 Å². The highest BCUT2D eigenvalue weighted by molar-refractivity contribution is 5.67. The standard InChI is InChI=1S/C17H34N2O2/c1-14(15-10-7-5-6-8-11-15)18-12-9-13-19-16(20)21-17(2,3)4/h14-15,18H,5-13H2,1-4H3,(H,19,20)/t14-/m1/s1. The van der Waals surface area contributed by atoms with Crippen LogP contribution in [0.1, 0.15) is 72.6 Å². The van der Waals surface area contributed by atoms with E-state index in [-0.39, 0.29) is 6.09 Å². The minimum absolute atomic E-state index is 0.320. The molecular formula is C17H34N2O2.